The van der Waals surface area contributed by atoms with Crippen LogP contribution in [-0.4, -0.2) is 30.5 Å². The largest absolute Gasteiger partial charge is 0.393 e. The van der Waals surface area contributed by atoms with E-state index >= 15 is 0 Å². The number of fused-ring (bicyclic) bond motifs is 3. The third-order valence-corrected chi connectivity index (χ3v) is 5.38. The van der Waals surface area contributed by atoms with Crippen LogP contribution < -0.4 is 0 Å². The maximum absolute atomic E-state index is 13.6. The average molecular weight is 318 g/mol. The summed E-state index contributed by atoms with van der Waals surface area (Å²) in [7, 11) is 0. The molecule has 0 saturated heterocycles. The Morgan fingerprint density at radius 3 is 2.87 bits per heavy atom. The Balaban J connectivity index is 1.61. The van der Waals surface area contributed by atoms with E-state index in [1.165, 1.54) is 30.9 Å². The molecular weight excluding hydrogens is 295 g/mol. The van der Waals surface area contributed by atoms with Crippen molar-refractivity contribution in [2.45, 2.75) is 63.9 Å². The first-order valence-corrected chi connectivity index (χ1v) is 8.58. The zero-order chi connectivity index (χ0) is 16.0. The number of hydrogen-bond acceptors (Lipinski definition) is 3. The standard InChI is InChI=1S/C17H23FN4O/c1-11(18)22-9-13-15-8-19-10-21(15)14(17(13)20-22)7-16(23)12-5-3-2-4-6-12/h8-12,14,16,23H,2-7H2,1H3. The monoisotopic (exact) mass is 318 g/mol. The fourth-order valence-electron chi connectivity index (χ4n) is 4.09. The normalized spacial score (nSPS) is 23.5. The first-order chi connectivity index (χ1) is 11.1. The quantitative estimate of drug-likeness (QED) is 0.939. The van der Waals surface area contributed by atoms with Crippen molar-refractivity contribution >= 4 is 0 Å². The number of imidazole rings is 1. The third kappa shape index (κ3) is 2.49. The van der Waals surface area contributed by atoms with Gasteiger partial charge >= 0.3 is 0 Å². The van der Waals surface area contributed by atoms with Crippen LogP contribution in [-0.2, 0) is 0 Å². The molecule has 3 atom stereocenters. The van der Waals surface area contributed by atoms with Gasteiger partial charge in [-0.15, -0.1) is 0 Å². The summed E-state index contributed by atoms with van der Waals surface area (Å²) in [4.78, 5) is 4.22. The van der Waals surface area contributed by atoms with Gasteiger partial charge in [-0.05, 0) is 25.7 Å². The second kappa shape index (κ2) is 5.74. The number of halogens is 1. The summed E-state index contributed by atoms with van der Waals surface area (Å²) in [6, 6.07) is -0.0422. The molecule has 1 aliphatic carbocycles. The van der Waals surface area contributed by atoms with Gasteiger partial charge in [-0.1, -0.05) is 19.3 Å². The Morgan fingerprint density at radius 2 is 2.13 bits per heavy atom. The van der Waals surface area contributed by atoms with Crippen LogP contribution in [0.4, 0.5) is 4.39 Å². The van der Waals surface area contributed by atoms with Crippen LogP contribution in [0.1, 0.15) is 63.5 Å². The smallest absolute Gasteiger partial charge is 0.188 e. The lowest BCUT2D eigenvalue weighted by atomic mass is 9.83. The van der Waals surface area contributed by atoms with Gasteiger partial charge in [0, 0.05) is 18.2 Å². The first-order valence-electron chi connectivity index (χ1n) is 8.58. The number of hydrogen-bond donors (Lipinski definition) is 1. The van der Waals surface area contributed by atoms with Crippen LogP contribution in [0.15, 0.2) is 18.7 Å². The molecule has 0 spiro atoms. The molecule has 2 aromatic rings. The van der Waals surface area contributed by atoms with Gasteiger partial charge in [0.05, 0.1) is 36.1 Å². The van der Waals surface area contributed by atoms with Crippen molar-refractivity contribution in [1.82, 2.24) is 19.3 Å². The van der Waals surface area contributed by atoms with E-state index in [9.17, 15) is 9.50 Å². The van der Waals surface area contributed by atoms with Crippen molar-refractivity contribution in [2.24, 2.45) is 5.92 Å². The molecular formula is C17H23FN4O. The van der Waals surface area contributed by atoms with Crippen LogP contribution in [0.2, 0.25) is 0 Å². The van der Waals surface area contributed by atoms with Crippen LogP contribution >= 0.6 is 0 Å². The molecule has 3 unspecified atom stereocenters. The molecule has 0 amide bonds. The lowest BCUT2D eigenvalue weighted by molar-refractivity contribution is 0.0681. The van der Waals surface area contributed by atoms with Gasteiger partial charge in [-0.2, -0.15) is 5.10 Å². The van der Waals surface area contributed by atoms with Gasteiger partial charge in [-0.25, -0.2) is 14.1 Å². The van der Waals surface area contributed by atoms with E-state index < -0.39 is 6.30 Å². The number of aromatic nitrogens is 4. The molecule has 3 heterocycles. The number of alkyl halides is 1. The number of nitrogens with zero attached hydrogens (tertiary/aromatic N) is 4. The molecule has 2 aromatic heterocycles. The molecule has 6 heteroatoms. The van der Waals surface area contributed by atoms with Gasteiger partial charge < -0.3 is 9.67 Å². The van der Waals surface area contributed by atoms with E-state index in [4.69, 9.17) is 0 Å². The highest BCUT2D eigenvalue weighted by molar-refractivity contribution is 5.66. The van der Waals surface area contributed by atoms with Crippen molar-refractivity contribution in [2.75, 3.05) is 0 Å². The molecule has 0 aromatic carbocycles. The third-order valence-electron chi connectivity index (χ3n) is 5.38. The van der Waals surface area contributed by atoms with Crippen LogP contribution in [0, 0.1) is 5.92 Å². The van der Waals surface area contributed by atoms with Crippen LogP contribution in [0.5, 0.6) is 0 Å². The molecule has 0 bridgehead atoms. The van der Waals surface area contributed by atoms with Crippen molar-refractivity contribution in [3.05, 3.63) is 24.4 Å². The Kier molecular flexibility index (Phi) is 3.71. The van der Waals surface area contributed by atoms with Gasteiger partial charge in [0.2, 0.25) is 0 Å². The minimum absolute atomic E-state index is 0.0422. The minimum Gasteiger partial charge on any atom is -0.393 e. The Bertz CT molecular complexity index is 687. The Hall–Kier alpha value is -1.69. The highest BCUT2D eigenvalue weighted by Crippen LogP contribution is 2.42. The maximum atomic E-state index is 13.6. The van der Waals surface area contributed by atoms with E-state index in [0.717, 1.165) is 29.8 Å². The number of rotatable bonds is 4. The summed E-state index contributed by atoms with van der Waals surface area (Å²) in [5.41, 5.74) is 2.77. The van der Waals surface area contributed by atoms with E-state index in [-0.39, 0.29) is 12.1 Å². The summed E-state index contributed by atoms with van der Waals surface area (Å²) in [5.74, 6) is 0.377. The van der Waals surface area contributed by atoms with Crippen molar-refractivity contribution < 1.29 is 9.50 Å². The van der Waals surface area contributed by atoms with E-state index in [1.54, 1.807) is 18.7 Å². The summed E-state index contributed by atoms with van der Waals surface area (Å²) >= 11 is 0. The highest BCUT2D eigenvalue weighted by atomic mass is 19.1. The molecule has 1 N–H and O–H groups in total. The second-order valence-electron chi connectivity index (χ2n) is 6.89. The summed E-state index contributed by atoms with van der Waals surface area (Å²) in [5, 5.41) is 15.1. The van der Waals surface area contributed by atoms with Crippen molar-refractivity contribution in [3.63, 3.8) is 0 Å². The number of aliphatic hydroxyl groups excluding tert-OH is 1. The fraction of sp³-hybridized carbons (Fsp3) is 0.647. The molecule has 23 heavy (non-hydrogen) atoms. The topological polar surface area (TPSA) is 55.9 Å². The van der Waals surface area contributed by atoms with E-state index in [2.05, 4.69) is 14.6 Å². The molecule has 1 aliphatic heterocycles. The molecule has 2 aliphatic rings. The molecule has 0 radical (unpaired) electrons. The Morgan fingerprint density at radius 1 is 1.35 bits per heavy atom. The van der Waals surface area contributed by atoms with Gasteiger partial charge in [0.1, 0.15) is 0 Å². The van der Waals surface area contributed by atoms with E-state index in [0.29, 0.717) is 12.3 Å². The van der Waals surface area contributed by atoms with Crippen LogP contribution in [0.25, 0.3) is 11.3 Å². The SMILES string of the molecule is CC(F)n1cc2c(n1)C(CC(O)C1CCCCC1)n1cncc1-2. The van der Waals surface area contributed by atoms with Gasteiger partial charge in [-0.3, -0.25) is 0 Å². The predicted molar refractivity (Wildman–Crippen MR) is 84.6 cm³/mol. The zero-order valence-electron chi connectivity index (χ0n) is 13.4. The summed E-state index contributed by atoms with van der Waals surface area (Å²) < 4.78 is 17.0. The highest BCUT2D eigenvalue weighted by Gasteiger charge is 2.35. The lowest BCUT2D eigenvalue weighted by Gasteiger charge is -2.28. The lowest BCUT2D eigenvalue weighted by Crippen LogP contribution is -2.26. The first kappa shape index (κ1) is 14.9. The van der Waals surface area contributed by atoms with E-state index in [1.807, 2.05) is 0 Å². The van der Waals surface area contributed by atoms with Crippen LogP contribution in [0.3, 0.4) is 0 Å². The van der Waals surface area contributed by atoms with Crippen molar-refractivity contribution in [1.29, 1.82) is 0 Å². The molecule has 5 nitrogen and oxygen atoms in total. The average Bonchev–Trinajstić information content (AvgIpc) is 3.23. The summed E-state index contributed by atoms with van der Waals surface area (Å²) in [6.07, 6.45) is 10.4. The molecule has 1 fully saturated rings. The number of aliphatic hydroxyl groups is 1. The molecule has 4 rings (SSSR count). The minimum atomic E-state index is -1.15. The molecule has 1 saturated carbocycles. The molecule has 124 valence electrons. The summed E-state index contributed by atoms with van der Waals surface area (Å²) in [6.45, 7) is 1.48. The predicted octanol–water partition coefficient (Wildman–Crippen LogP) is 3.47. The second-order valence-corrected chi connectivity index (χ2v) is 6.89. The zero-order valence-corrected chi connectivity index (χ0v) is 13.4. The van der Waals surface area contributed by atoms with Gasteiger partial charge in [0.25, 0.3) is 0 Å². The van der Waals surface area contributed by atoms with Crippen molar-refractivity contribution in [3.8, 4) is 11.3 Å². The fourth-order valence-corrected chi connectivity index (χ4v) is 4.09. The van der Waals surface area contributed by atoms with Gasteiger partial charge in [0.15, 0.2) is 6.30 Å². The maximum Gasteiger partial charge on any atom is 0.188 e. The Labute approximate surface area is 135 Å².